The smallest absolute Gasteiger partial charge is 0.305 e. The van der Waals surface area contributed by atoms with Crippen molar-refractivity contribution in [1.29, 1.82) is 0 Å². The number of carbonyl (C=O) groups is 4. The van der Waals surface area contributed by atoms with E-state index in [0.29, 0.717) is 5.76 Å². The number of hydrogen-bond donors (Lipinski definition) is 4. The van der Waals surface area contributed by atoms with Gasteiger partial charge in [-0.15, -0.1) is 0 Å². The van der Waals surface area contributed by atoms with Crippen molar-refractivity contribution in [2.75, 3.05) is 0 Å². The maximum atomic E-state index is 12.5. The SMILES string of the molecule is NC(=O)[C@H](Cc1ccccc1)NC(=O)[C@H](CC(=O)O)NC(=O)/C=C/c1ccco1. The molecule has 1 aromatic carbocycles. The third kappa shape index (κ3) is 7.33. The summed E-state index contributed by atoms with van der Waals surface area (Å²) in [7, 11) is 0. The first-order valence-electron chi connectivity index (χ1n) is 8.72. The average molecular weight is 399 g/mol. The Hall–Kier alpha value is -3.88. The highest BCUT2D eigenvalue weighted by Gasteiger charge is 2.27. The lowest BCUT2D eigenvalue weighted by atomic mass is 10.0. The largest absolute Gasteiger partial charge is 0.481 e. The monoisotopic (exact) mass is 399 g/mol. The maximum Gasteiger partial charge on any atom is 0.305 e. The third-order valence-electron chi connectivity index (χ3n) is 3.90. The van der Waals surface area contributed by atoms with Crippen LogP contribution in [0.4, 0.5) is 0 Å². The van der Waals surface area contributed by atoms with Gasteiger partial charge in [-0.25, -0.2) is 0 Å². The molecule has 0 radical (unpaired) electrons. The van der Waals surface area contributed by atoms with Gasteiger partial charge in [0, 0.05) is 12.5 Å². The van der Waals surface area contributed by atoms with Crippen molar-refractivity contribution in [3.63, 3.8) is 0 Å². The molecule has 2 rings (SSSR count). The number of nitrogens with two attached hydrogens (primary N) is 1. The first-order chi connectivity index (χ1) is 13.8. The highest BCUT2D eigenvalue weighted by Crippen LogP contribution is 2.05. The fourth-order valence-electron chi connectivity index (χ4n) is 2.49. The zero-order chi connectivity index (χ0) is 21.2. The van der Waals surface area contributed by atoms with E-state index in [9.17, 15) is 19.2 Å². The average Bonchev–Trinajstić information content (AvgIpc) is 3.19. The Kier molecular flexibility index (Phi) is 7.72. The fourth-order valence-corrected chi connectivity index (χ4v) is 2.49. The van der Waals surface area contributed by atoms with E-state index in [1.54, 1.807) is 42.5 Å². The van der Waals surface area contributed by atoms with Crippen LogP contribution >= 0.6 is 0 Å². The fraction of sp³-hybridized carbons (Fsp3) is 0.200. The van der Waals surface area contributed by atoms with Crippen molar-refractivity contribution in [3.05, 3.63) is 66.1 Å². The van der Waals surface area contributed by atoms with E-state index < -0.39 is 42.2 Å². The molecular weight excluding hydrogens is 378 g/mol. The highest BCUT2D eigenvalue weighted by molar-refractivity contribution is 5.97. The van der Waals surface area contributed by atoms with Gasteiger partial charge in [-0.3, -0.25) is 19.2 Å². The minimum atomic E-state index is -1.39. The molecule has 0 aliphatic rings. The van der Waals surface area contributed by atoms with Crippen LogP contribution in [0.1, 0.15) is 17.7 Å². The van der Waals surface area contributed by atoms with Gasteiger partial charge in [-0.05, 0) is 23.8 Å². The molecule has 29 heavy (non-hydrogen) atoms. The molecule has 0 fully saturated rings. The second kappa shape index (κ2) is 10.5. The van der Waals surface area contributed by atoms with E-state index in [2.05, 4.69) is 10.6 Å². The Labute approximate surface area is 166 Å². The van der Waals surface area contributed by atoms with E-state index in [1.807, 2.05) is 0 Å². The van der Waals surface area contributed by atoms with Crippen LogP contribution in [0.2, 0.25) is 0 Å². The molecule has 1 heterocycles. The molecule has 2 atom stereocenters. The number of hydrogen-bond acceptors (Lipinski definition) is 5. The van der Waals surface area contributed by atoms with Gasteiger partial charge in [-0.1, -0.05) is 30.3 Å². The number of carbonyl (C=O) groups excluding carboxylic acids is 3. The molecule has 0 saturated carbocycles. The van der Waals surface area contributed by atoms with Crippen LogP contribution in [-0.2, 0) is 25.6 Å². The zero-order valence-electron chi connectivity index (χ0n) is 15.4. The Bertz CT molecular complexity index is 877. The van der Waals surface area contributed by atoms with Gasteiger partial charge in [-0.2, -0.15) is 0 Å². The van der Waals surface area contributed by atoms with Gasteiger partial charge in [0.2, 0.25) is 17.7 Å². The number of aliphatic carboxylic acids is 1. The Morgan fingerprint density at radius 1 is 1.03 bits per heavy atom. The Balaban J connectivity index is 2.04. The van der Waals surface area contributed by atoms with Crippen LogP contribution in [0.5, 0.6) is 0 Å². The topological polar surface area (TPSA) is 152 Å². The summed E-state index contributed by atoms with van der Waals surface area (Å²) in [5.74, 6) is -3.18. The Morgan fingerprint density at radius 2 is 1.76 bits per heavy atom. The van der Waals surface area contributed by atoms with Gasteiger partial charge < -0.3 is 25.9 Å². The minimum Gasteiger partial charge on any atom is -0.481 e. The highest BCUT2D eigenvalue weighted by atomic mass is 16.4. The van der Waals surface area contributed by atoms with Crippen molar-refractivity contribution in [3.8, 4) is 0 Å². The molecular formula is C20H21N3O6. The van der Waals surface area contributed by atoms with Crippen LogP contribution in [0.25, 0.3) is 6.08 Å². The van der Waals surface area contributed by atoms with E-state index in [0.717, 1.165) is 11.6 Å². The molecule has 0 aliphatic carbocycles. The number of amides is 3. The second-order valence-electron chi connectivity index (χ2n) is 6.16. The minimum absolute atomic E-state index is 0.133. The molecule has 1 aromatic heterocycles. The van der Waals surface area contributed by atoms with Crippen molar-refractivity contribution in [2.45, 2.75) is 24.9 Å². The summed E-state index contributed by atoms with van der Waals surface area (Å²) in [6, 6.07) is 9.67. The molecule has 5 N–H and O–H groups in total. The number of primary amides is 1. The standard InChI is InChI=1S/C20H21N3O6/c21-19(27)15(11-13-5-2-1-3-6-13)23-20(28)16(12-18(25)26)22-17(24)9-8-14-7-4-10-29-14/h1-10,15-16H,11-12H2,(H2,21,27)(H,22,24)(H,23,28)(H,25,26)/b9-8+/t15-,16-/m0/s1. The van der Waals surface area contributed by atoms with Crippen molar-refractivity contribution >= 4 is 29.8 Å². The molecule has 0 aliphatic heterocycles. The predicted octanol–water partition coefficient (Wildman–Crippen LogP) is 0.465. The molecule has 9 heteroatoms. The molecule has 9 nitrogen and oxygen atoms in total. The van der Waals surface area contributed by atoms with Crippen LogP contribution in [-0.4, -0.2) is 40.9 Å². The summed E-state index contributed by atoms with van der Waals surface area (Å²) in [5, 5.41) is 13.8. The van der Waals surface area contributed by atoms with Crippen molar-refractivity contribution < 1.29 is 28.7 Å². The van der Waals surface area contributed by atoms with Crippen molar-refractivity contribution in [2.24, 2.45) is 5.73 Å². The normalized spacial score (nSPS) is 12.8. The third-order valence-corrected chi connectivity index (χ3v) is 3.90. The predicted molar refractivity (Wildman–Crippen MR) is 103 cm³/mol. The van der Waals surface area contributed by atoms with Crippen molar-refractivity contribution in [1.82, 2.24) is 10.6 Å². The molecule has 152 valence electrons. The number of nitrogens with one attached hydrogen (secondary N) is 2. The van der Waals surface area contributed by atoms with Gasteiger partial charge in [0.1, 0.15) is 17.8 Å². The summed E-state index contributed by atoms with van der Waals surface area (Å²) in [5.41, 5.74) is 6.12. The molecule has 3 amide bonds. The van der Waals surface area contributed by atoms with Gasteiger partial charge in [0.15, 0.2) is 0 Å². The molecule has 2 aromatic rings. The lowest BCUT2D eigenvalue weighted by Gasteiger charge is -2.20. The lowest BCUT2D eigenvalue weighted by molar-refractivity contribution is -0.140. The van der Waals surface area contributed by atoms with E-state index in [4.69, 9.17) is 15.3 Å². The zero-order valence-corrected chi connectivity index (χ0v) is 15.4. The van der Waals surface area contributed by atoms with E-state index >= 15 is 0 Å². The molecule has 0 unspecified atom stereocenters. The van der Waals surface area contributed by atoms with E-state index in [1.165, 1.54) is 12.3 Å². The molecule has 0 saturated heterocycles. The number of carboxylic acids is 1. The summed E-state index contributed by atoms with van der Waals surface area (Å²) >= 11 is 0. The van der Waals surface area contributed by atoms with Crippen LogP contribution in [0, 0.1) is 0 Å². The van der Waals surface area contributed by atoms with Gasteiger partial charge >= 0.3 is 5.97 Å². The number of carboxylic acid groups (broad SMARTS) is 1. The number of benzene rings is 1. The first kappa shape index (κ1) is 21.4. The molecule has 0 spiro atoms. The van der Waals surface area contributed by atoms with Gasteiger partial charge in [0.25, 0.3) is 0 Å². The van der Waals surface area contributed by atoms with Gasteiger partial charge in [0.05, 0.1) is 12.7 Å². The summed E-state index contributed by atoms with van der Waals surface area (Å²) in [6.07, 6.45) is 3.37. The Morgan fingerprint density at radius 3 is 2.34 bits per heavy atom. The number of furan rings is 1. The maximum absolute atomic E-state index is 12.5. The molecule has 0 bridgehead atoms. The first-order valence-corrected chi connectivity index (χ1v) is 8.72. The lowest BCUT2D eigenvalue weighted by Crippen LogP contribution is -2.54. The van der Waals surface area contributed by atoms with Crippen LogP contribution in [0.3, 0.4) is 0 Å². The quantitative estimate of drug-likeness (QED) is 0.426. The van der Waals surface area contributed by atoms with E-state index in [-0.39, 0.29) is 6.42 Å². The second-order valence-corrected chi connectivity index (χ2v) is 6.16. The summed E-state index contributed by atoms with van der Waals surface area (Å²) < 4.78 is 5.04. The summed E-state index contributed by atoms with van der Waals surface area (Å²) in [4.78, 5) is 47.4. The van der Waals surface area contributed by atoms with Crippen LogP contribution in [0.15, 0.2) is 59.2 Å². The number of rotatable bonds is 10. The summed E-state index contributed by atoms with van der Waals surface area (Å²) in [6.45, 7) is 0. The van der Waals surface area contributed by atoms with Crippen LogP contribution < -0.4 is 16.4 Å².